The summed E-state index contributed by atoms with van der Waals surface area (Å²) in [6, 6.07) is 6.92. The Kier molecular flexibility index (Phi) is 6.45. The van der Waals surface area contributed by atoms with Gasteiger partial charge in [0.25, 0.3) is 0 Å². The van der Waals surface area contributed by atoms with Gasteiger partial charge in [0.2, 0.25) is 10.0 Å². The van der Waals surface area contributed by atoms with Crippen LogP contribution in [0.2, 0.25) is 0 Å². The van der Waals surface area contributed by atoms with Crippen molar-refractivity contribution < 1.29 is 8.42 Å². The van der Waals surface area contributed by atoms with Gasteiger partial charge in [-0.3, -0.25) is 0 Å². The van der Waals surface area contributed by atoms with Crippen LogP contribution < -0.4 is 15.8 Å². The van der Waals surface area contributed by atoms with Crippen molar-refractivity contribution in [3.8, 4) is 0 Å². The SMILES string of the molecule is CCNS(=O)(=O)c1ccccc1NCC(CN)C(C)C. The molecule has 1 unspecified atom stereocenters. The van der Waals surface area contributed by atoms with E-state index in [2.05, 4.69) is 23.9 Å². The Morgan fingerprint density at radius 2 is 1.90 bits per heavy atom. The van der Waals surface area contributed by atoms with Gasteiger partial charge in [0.05, 0.1) is 5.69 Å². The van der Waals surface area contributed by atoms with E-state index in [1.165, 1.54) is 0 Å². The van der Waals surface area contributed by atoms with Crippen LogP contribution in [0.15, 0.2) is 29.2 Å². The summed E-state index contributed by atoms with van der Waals surface area (Å²) in [7, 11) is -3.46. The van der Waals surface area contributed by atoms with Crippen LogP contribution in [0, 0.1) is 11.8 Å². The standard InChI is InChI=1S/C14H25N3O2S/c1-4-17-20(18,19)14-8-6-5-7-13(14)16-10-12(9-15)11(2)3/h5-8,11-12,16-17H,4,9-10,15H2,1-3H3. The van der Waals surface area contributed by atoms with Crippen molar-refractivity contribution in [2.24, 2.45) is 17.6 Å². The molecule has 6 heteroatoms. The first-order chi connectivity index (χ1) is 9.42. The fourth-order valence-corrected chi connectivity index (χ4v) is 3.17. The van der Waals surface area contributed by atoms with E-state index in [0.717, 1.165) is 0 Å². The maximum Gasteiger partial charge on any atom is 0.242 e. The number of nitrogens with two attached hydrogens (primary N) is 1. The van der Waals surface area contributed by atoms with Crippen molar-refractivity contribution in [2.75, 3.05) is 25.0 Å². The van der Waals surface area contributed by atoms with E-state index >= 15 is 0 Å². The molecule has 0 fully saturated rings. The van der Waals surface area contributed by atoms with Crippen LogP contribution in [0.3, 0.4) is 0 Å². The van der Waals surface area contributed by atoms with E-state index in [-0.39, 0.29) is 4.90 Å². The lowest BCUT2D eigenvalue weighted by Gasteiger charge is -2.21. The molecule has 0 amide bonds. The molecule has 0 saturated carbocycles. The van der Waals surface area contributed by atoms with Crippen LogP contribution >= 0.6 is 0 Å². The van der Waals surface area contributed by atoms with Gasteiger partial charge < -0.3 is 11.1 Å². The molecular formula is C14H25N3O2S. The second-order valence-corrected chi connectivity index (χ2v) is 6.85. The molecule has 0 aliphatic rings. The molecule has 114 valence electrons. The summed E-state index contributed by atoms with van der Waals surface area (Å²) >= 11 is 0. The maximum atomic E-state index is 12.1. The summed E-state index contributed by atoms with van der Waals surface area (Å²) in [5, 5.41) is 3.21. The minimum absolute atomic E-state index is 0.279. The van der Waals surface area contributed by atoms with Gasteiger partial charge in [0.1, 0.15) is 4.90 Å². The number of hydrogen-bond donors (Lipinski definition) is 3. The molecule has 0 radical (unpaired) electrons. The van der Waals surface area contributed by atoms with E-state index in [9.17, 15) is 8.42 Å². The molecule has 0 heterocycles. The van der Waals surface area contributed by atoms with Gasteiger partial charge in [-0.1, -0.05) is 32.9 Å². The predicted octanol–water partition coefficient (Wildman–Crippen LogP) is 1.63. The monoisotopic (exact) mass is 299 g/mol. The number of anilines is 1. The minimum Gasteiger partial charge on any atom is -0.384 e. The highest BCUT2D eigenvalue weighted by atomic mass is 32.2. The summed E-state index contributed by atoms with van der Waals surface area (Å²) in [5.74, 6) is 0.759. The largest absolute Gasteiger partial charge is 0.384 e. The number of rotatable bonds is 8. The first-order valence-corrected chi connectivity index (χ1v) is 8.43. The molecule has 0 aromatic heterocycles. The third-order valence-electron chi connectivity index (χ3n) is 3.31. The number of benzene rings is 1. The number of nitrogens with one attached hydrogen (secondary N) is 2. The van der Waals surface area contributed by atoms with Crippen LogP contribution in [0.5, 0.6) is 0 Å². The van der Waals surface area contributed by atoms with Crippen LogP contribution in [0.25, 0.3) is 0 Å². The molecule has 20 heavy (non-hydrogen) atoms. The quantitative estimate of drug-likeness (QED) is 0.681. The first-order valence-electron chi connectivity index (χ1n) is 6.95. The molecule has 0 saturated heterocycles. The van der Waals surface area contributed by atoms with Crippen LogP contribution in [-0.4, -0.2) is 28.1 Å². The van der Waals surface area contributed by atoms with Crippen molar-refractivity contribution >= 4 is 15.7 Å². The molecule has 0 spiro atoms. The summed E-state index contributed by atoms with van der Waals surface area (Å²) in [6.45, 7) is 7.59. The van der Waals surface area contributed by atoms with Crippen molar-refractivity contribution in [1.29, 1.82) is 0 Å². The minimum atomic E-state index is -3.46. The summed E-state index contributed by atoms with van der Waals surface area (Å²) in [5.41, 5.74) is 6.36. The Morgan fingerprint density at radius 1 is 1.25 bits per heavy atom. The second-order valence-electron chi connectivity index (χ2n) is 5.12. The van der Waals surface area contributed by atoms with E-state index in [0.29, 0.717) is 37.2 Å². The molecule has 4 N–H and O–H groups in total. The third kappa shape index (κ3) is 4.47. The lowest BCUT2D eigenvalue weighted by Crippen LogP contribution is -2.28. The van der Waals surface area contributed by atoms with Crippen molar-refractivity contribution in [3.05, 3.63) is 24.3 Å². The fourth-order valence-electron chi connectivity index (χ4n) is 1.95. The predicted molar refractivity (Wildman–Crippen MR) is 83.2 cm³/mol. The average Bonchev–Trinajstić information content (AvgIpc) is 2.39. The highest BCUT2D eigenvalue weighted by molar-refractivity contribution is 7.89. The van der Waals surface area contributed by atoms with Crippen LogP contribution in [0.1, 0.15) is 20.8 Å². The second kappa shape index (κ2) is 7.61. The zero-order valence-electron chi connectivity index (χ0n) is 12.4. The number of sulfonamides is 1. The lowest BCUT2D eigenvalue weighted by atomic mass is 9.96. The average molecular weight is 299 g/mol. The van der Waals surface area contributed by atoms with Crippen molar-refractivity contribution in [2.45, 2.75) is 25.7 Å². The summed E-state index contributed by atoms with van der Waals surface area (Å²) in [6.07, 6.45) is 0. The maximum absolute atomic E-state index is 12.1. The van der Waals surface area contributed by atoms with Gasteiger partial charge in [-0.25, -0.2) is 13.1 Å². The van der Waals surface area contributed by atoms with E-state index < -0.39 is 10.0 Å². The Bertz CT molecular complexity index is 515. The zero-order chi connectivity index (χ0) is 15.2. The zero-order valence-corrected chi connectivity index (χ0v) is 13.2. The normalized spacial score (nSPS) is 13.4. The molecule has 1 rings (SSSR count). The van der Waals surface area contributed by atoms with Crippen LogP contribution in [0.4, 0.5) is 5.69 Å². The molecule has 5 nitrogen and oxygen atoms in total. The molecule has 1 aromatic rings. The van der Waals surface area contributed by atoms with Gasteiger partial charge in [-0.15, -0.1) is 0 Å². The highest BCUT2D eigenvalue weighted by Crippen LogP contribution is 2.21. The summed E-state index contributed by atoms with van der Waals surface area (Å²) in [4.78, 5) is 0.279. The first kappa shape index (κ1) is 16.9. The van der Waals surface area contributed by atoms with Gasteiger partial charge >= 0.3 is 0 Å². The molecule has 1 atom stereocenters. The smallest absolute Gasteiger partial charge is 0.242 e. The lowest BCUT2D eigenvalue weighted by molar-refractivity contribution is 0.413. The molecule has 0 bridgehead atoms. The van der Waals surface area contributed by atoms with Crippen molar-refractivity contribution in [3.63, 3.8) is 0 Å². The Balaban J connectivity index is 2.92. The van der Waals surface area contributed by atoms with Gasteiger partial charge in [-0.2, -0.15) is 0 Å². The number of para-hydroxylation sites is 1. The van der Waals surface area contributed by atoms with Gasteiger partial charge in [0, 0.05) is 13.1 Å². The molecular weight excluding hydrogens is 274 g/mol. The fraction of sp³-hybridized carbons (Fsp3) is 0.571. The van der Waals surface area contributed by atoms with Crippen LogP contribution in [-0.2, 0) is 10.0 Å². The van der Waals surface area contributed by atoms with E-state index in [4.69, 9.17) is 5.73 Å². The molecule has 1 aromatic carbocycles. The number of hydrogen-bond acceptors (Lipinski definition) is 4. The Hall–Kier alpha value is -1.11. The van der Waals surface area contributed by atoms with Gasteiger partial charge in [-0.05, 0) is 30.5 Å². The van der Waals surface area contributed by atoms with E-state index in [1.807, 2.05) is 6.07 Å². The summed E-state index contributed by atoms with van der Waals surface area (Å²) < 4.78 is 26.8. The highest BCUT2D eigenvalue weighted by Gasteiger charge is 2.18. The van der Waals surface area contributed by atoms with E-state index in [1.54, 1.807) is 25.1 Å². The topological polar surface area (TPSA) is 84.2 Å². The Labute approximate surface area is 122 Å². The van der Waals surface area contributed by atoms with Crippen molar-refractivity contribution in [1.82, 2.24) is 4.72 Å². The molecule has 0 aliphatic carbocycles. The third-order valence-corrected chi connectivity index (χ3v) is 4.91. The Morgan fingerprint density at radius 3 is 2.45 bits per heavy atom. The van der Waals surface area contributed by atoms with Gasteiger partial charge in [0.15, 0.2) is 0 Å². The molecule has 0 aliphatic heterocycles.